The Morgan fingerprint density at radius 2 is 2.17 bits per heavy atom. The van der Waals surface area contributed by atoms with Gasteiger partial charge in [0.05, 0.1) is 12.8 Å². The van der Waals surface area contributed by atoms with E-state index in [0.29, 0.717) is 5.82 Å². The molecule has 2 aromatic rings. The number of nitrogens with zero attached hydrogens (tertiary/aromatic N) is 2. The molecule has 0 saturated heterocycles. The van der Waals surface area contributed by atoms with Crippen LogP contribution in [0.3, 0.4) is 0 Å². The summed E-state index contributed by atoms with van der Waals surface area (Å²) < 4.78 is 20.0. The molecule has 0 radical (unpaired) electrons. The third kappa shape index (κ3) is 1.92. The Bertz CT molecular complexity index is 578. The minimum atomic E-state index is -0.386. The van der Waals surface area contributed by atoms with Gasteiger partial charge in [0.15, 0.2) is 11.6 Å². The van der Waals surface area contributed by atoms with E-state index in [1.54, 1.807) is 23.9 Å². The topological polar surface area (TPSA) is 53.1 Å². The van der Waals surface area contributed by atoms with Crippen molar-refractivity contribution in [3.63, 3.8) is 0 Å². The summed E-state index contributed by atoms with van der Waals surface area (Å²) in [6, 6.07) is 4.69. The summed E-state index contributed by atoms with van der Waals surface area (Å²) in [5.74, 6) is 0.456. The van der Waals surface area contributed by atoms with Gasteiger partial charge in [-0.3, -0.25) is 4.68 Å². The Morgan fingerprint density at radius 1 is 1.44 bits per heavy atom. The molecule has 5 heteroatoms. The average molecular weight is 249 g/mol. The van der Waals surface area contributed by atoms with Gasteiger partial charge in [-0.25, -0.2) is 4.39 Å². The van der Waals surface area contributed by atoms with Crippen molar-refractivity contribution in [1.82, 2.24) is 9.78 Å². The van der Waals surface area contributed by atoms with Crippen LogP contribution < -0.4 is 10.5 Å². The zero-order valence-corrected chi connectivity index (χ0v) is 10.7. The SMILES string of the molecule is CCc1c(-c2ccc(F)c(OC)c2)nn(C)c1N. The number of anilines is 1. The van der Waals surface area contributed by atoms with E-state index in [2.05, 4.69) is 5.10 Å². The number of halogens is 1. The fraction of sp³-hybridized carbons (Fsp3) is 0.308. The number of aryl methyl sites for hydroxylation is 1. The van der Waals surface area contributed by atoms with Crippen LogP contribution in [-0.4, -0.2) is 16.9 Å². The standard InChI is InChI=1S/C13H16FN3O/c1-4-9-12(16-17(2)13(9)15)8-5-6-10(14)11(7-8)18-3/h5-7H,4,15H2,1-3H3. The number of ether oxygens (including phenoxy) is 1. The zero-order chi connectivity index (χ0) is 13.3. The summed E-state index contributed by atoms with van der Waals surface area (Å²) in [5, 5.41) is 4.37. The molecular weight excluding hydrogens is 233 g/mol. The van der Waals surface area contributed by atoms with Crippen molar-refractivity contribution in [2.45, 2.75) is 13.3 Å². The normalized spacial score (nSPS) is 10.7. The van der Waals surface area contributed by atoms with Gasteiger partial charge in [0, 0.05) is 18.2 Å². The monoisotopic (exact) mass is 249 g/mol. The van der Waals surface area contributed by atoms with Crippen molar-refractivity contribution in [2.75, 3.05) is 12.8 Å². The van der Waals surface area contributed by atoms with Crippen LogP contribution in [0.25, 0.3) is 11.3 Å². The molecule has 0 saturated carbocycles. The molecule has 0 bridgehead atoms. The molecule has 0 aliphatic carbocycles. The van der Waals surface area contributed by atoms with Gasteiger partial charge in [-0.15, -0.1) is 0 Å². The predicted octanol–water partition coefficient (Wildman–Crippen LogP) is 2.38. The molecule has 1 aromatic heterocycles. The van der Waals surface area contributed by atoms with Crippen LogP contribution in [-0.2, 0) is 13.5 Å². The molecule has 1 aromatic carbocycles. The molecular formula is C13H16FN3O. The predicted molar refractivity (Wildman–Crippen MR) is 68.9 cm³/mol. The van der Waals surface area contributed by atoms with Crippen LogP contribution in [0.4, 0.5) is 10.2 Å². The lowest BCUT2D eigenvalue weighted by Gasteiger charge is -2.05. The molecule has 1 heterocycles. The molecule has 0 spiro atoms. The van der Waals surface area contributed by atoms with Gasteiger partial charge in [-0.2, -0.15) is 5.10 Å². The fourth-order valence-electron chi connectivity index (χ4n) is 1.97. The van der Waals surface area contributed by atoms with Gasteiger partial charge in [0.25, 0.3) is 0 Å². The van der Waals surface area contributed by atoms with Gasteiger partial charge in [-0.1, -0.05) is 6.92 Å². The van der Waals surface area contributed by atoms with Crippen LogP contribution in [0.2, 0.25) is 0 Å². The molecule has 0 aliphatic rings. The number of nitrogen functional groups attached to an aromatic ring is 1. The van der Waals surface area contributed by atoms with Crippen LogP contribution in [0.15, 0.2) is 18.2 Å². The highest BCUT2D eigenvalue weighted by Gasteiger charge is 2.15. The van der Waals surface area contributed by atoms with Crippen molar-refractivity contribution < 1.29 is 9.13 Å². The summed E-state index contributed by atoms with van der Waals surface area (Å²) in [5.41, 5.74) is 8.49. The number of aromatic nitrogens is 2. The van der Waals surface area contributed by atoms with Crippen molar-refractivity contribution >= 4 is 5.82 Å². The Morgan fingerprint density at radius 3 is 2.78 bits per heavy atom. The van der Waals surface area contributed by atoms with E-state index in [1.807, 2.05) is 6.92 Å². The second kappa shape index (κ2) is 4.68. The molecule has 0 atom stereocenters. The number of methoxy groups -OCH3 is 1. The summed E-state index contributed by atoms with van der Waals surface area (Å²) in [6.45, 7) is 2.01. The lowest BCUT2D eigenvalue weighted by Crippen LogP contribution is -1.98. The second-order valence-corrected chi connectivity index (χ2v) is 4.04. The summed E-state index contributed by atoms with van der Waals surface area (Å²) in [4.78, 5) is 0. The zero-order valence-electron chi connectivity index (χ0n) is 10.7. The molecule has 0 unspecified atom stereocenters. The van der Waals surface area contributed by atoms with Gasteiger partial charge in [-0.05, 0) is 24.6 Å². The molecule has 2 rings (SSSR count). The summed E-state index contributed by atoms with van der Waals surface area (Å²) in [6.07, 6.45) is 0.773. The van der Waals surface area contributed by atoms with Gasteiger partial charge < -0.3 is 10.5 Å². The summed E-state index contributed by atoms with van der Waals surface area (Å²) in [7, 11) is 3.23. The van der Waals surface area contributed by atoms with E-state index in [0.717, 1.165) is 23.2 Å². The molecule has 4 nitrogen and oxygen atoms in total. The Hall–Kier alpha value is -2.04. The maximum atomic E-state index is 13.4. The average Bonchev–Trinajstić information content (AvgIpc) is 2.66. The van der Waals surface area contributed by atoms with E-state index in [1.165, 1.54) is 13.2 Å². The molecule has 18 heavy (non-hydrogen) atoms. The molecule has 2 N–H and O–H groups in total. The highest BCUT2D eigenvalue weighted by Crippen LogP contribution is 2.30. The largest absolute Gasteiger partial charge is 0.494 e. The minimum Gasteiger partial charge on any atom is -0.494 e. The smallest absolute Gasteiger partial charge is 0.165 e. The lowest BCUT2D eigenvalue weighted by molar-refractivity contribution is 0.387. The molecule has 96 valence electrons. The van der Waals surface area contributed by atoms with E-state index in [-0.39, 0.29) is 11.6 Å². The highest BCUT2D eigenvalue weighted by molar-refractivity contribution is 5.69. The molecule has 0 fully saturated rings. The number of benzene rings is 1. The van der Waals surface area contributed by atoms with Crippen molar-refractivity contribution in [1.29, 1.82) is 0 Å². The van der Waals surface area contributed by atoms with Gasteiger partial charge >= 0.3 is 0 Å². The second-order valence-electron chi connectivity index (χ2n) is 4.04. The van der Waals surface area contributed by atoms with Crippen LogP contribution in [0.1, 0.15) is 12.5 Å². The molecule has 0 amide bonds. The van der Waals surface area contributed by atoms with Crippen LogP contribution in [0, 0.1) is 5.82 Å². The number of rotatable bonds is 3. The lowest BCUT2D eigenvalue weighted by atomic mass is 10.1. The Labute approximate surface area is 105 Å². The first-order valence-electron chi connectivity index (χ1n) is 5.73. The van der Waals surface area contributed by atoms with E-state index in [4.69, 9.17) is 10.5 Å². The van der Waals surface area contributed by atoms with Crippen molar-refractivity contribution in [2.24, 2.45) is 7.05 Å². The minimum absolute atomic E-state index is 0.207. The van der Waals surface area contributed by atoms with Crippen LogP contribution in [0.5, 0.6) is 5.75 Å². The third-order valence-electron chi connectivity index (χ3n) is 2.97. The molecule has 0 aliphatic heterocycles. The first kappa shape index (κ1) is 12.4. The fourth-order valence-corrected chi connectivity index (χ4v) is 1.97. The third-order valence-corrected chi connectivity index (χ3v) is 2.97. The van der Waals surface area contributed by atoms with Crippen molar-refractivity contribution in [3.05, 3.63) is 29.6 Å². The maximum Gasteiger partial charge on any atom is 0.165 e. The highest BCUT2D eigenvalue weighted by atomic mass is 19.1. The summed E-state index contributed by atoms with van der Waals surface area (Å²) >= 11 is 0. The number of hydrogen-bond donors (Lipinski definition) is 1. The van der Waals surface area contributed by atoms with Gasteiger partial charge in [0.1, 0.15) is 5.82 Å². The van der Waals surface area contributed by atoms with E-state index < -0.39 is 0 Å². The number of nitrogens with two attached hydrogens (primary N) is 1. The Kier molecular flexibility index (Phi) is 3.23. The van der Waals surface area contributed by atoms with Gasteiger partial charge in [0.2, 0.25) is 0 Å². The van der Waals surface area contributed by atoms with E-state index >= 15 is 0 Å². The number of hydrogen-bond acceptors (Lipinski definition) is 3. The van der Waals surface area contributed by atoms with Crippen molar-refractivity contribution in [3.8, 4) is 17.0 Å². The maximum absolute atomic E-state index is 13.4. The van der Waals surface area contributed by atoms with Crippen LogP contribution >= 0.6 is 0 Å². The Balaban J connectivity index is 2.58. The first-order valence-corrected chi connectivity index (χ1v) is 5.73. The van der Waals surface area contributed by atoms with E-state index in [9.17, 15) is 4.39 Å². The quantitative estimate of drug-likeness (QED) is 0.908. The first-order chi connectivity index (χ1) is 8.58.